The molecule has 0 amide bonds. The molecule has 2 aliphatic carbocycles. The normalized spacial score (nSPS) is 17.0. The number of benzene rings is 2. The van der Waals surface area contributed by atoms with Crippen LogP contribution in [-0.2, 0) is 11.0 Å². The van der Waals surface area contributed by atoms with Gasteiger partial charge in [0.15, 0.2) is 0 Å². The number of alkyl halides is 3. The predicted octanol–water partition coefficient (Wildman–Crippen LogP) is 6.52. The van der Waals surface area contributed by atoms with Crippen LogP contribution < -0.4 is 9.47 Å². The molecule has 29 heavy (non-hydrogen) atoms. The molecule has 2 aromatic carbocycles. The number of carbonyl (C=O) groups excluding carboxylic acids is 1. The first kappa shape index (κ1) is 20.1. The number of rotatable bonds is 6. The molecule has 2 saturated carbocycles. The SMILES string of the molecule is O=C(Oc1cc(OCC2CC2)c(Cl)c(-c2ccc(C(F)(F)F)cc2)c1)C1CCC1. The molecule has 0 heterocycles. The molecule has 2 fully saturated rings. The van der Waals surface area contributed by atoms with Gasteiger partial charge in [0.25, 0.3) is 0 Å². The molecule has 154 valence electrons. The highest BCUT2D eigenvalue weighted by molar-refractivity contribution is 6.35. The molecule has 0 N–H and O–H groups in total. The molecule has 0 spiro atoms. The van der Waals surface area contributed by atoms with Crippen molar-refractivity contribution >= 4 is 17.6 Å². The van der Waals surface area contributed by atoms with Crippen LogP contribution in [0.2, 0.25) is 5.02 Å². The summed E-state index contributed by atoms with van der Waals surface area (Å²) in [6.45, 7) is 0.506. The average molecular weight is 425 g/mol. The lowest BCUT2D eigenvalue weighted by molar-refractivity contribution is -0.141. The summed E-state index contributed by atoms with van der Waals surface area (Å²) in [7, 11) is 0. The fraction of sp³-hybridized carbons (Fsp3) is 0.409. The van der Waals surface area contributed by atoms with Gasteiger partial charge in [-0.25, -0.2) is 0 Å². The molecule has 7 heteroatoms. The van der Waals surface area contributed by atoms with Gasteiger partial charge in [-0.05, 0) is 55.4 Å². The monoisotopic (exact) mass is 424 g/mol. The van der Waals surface area contributed by atoms with Crippen molar-refractivity contribution in [2.24, 2.45) is 11.8 Å². The van der Waals surface area contributed by atoms with Crippen LogP contribution in [0.15, 0.2) is 36.4 Å². The molecule has 0 radical (unpaired) electrons. The van der Waals surface area contributed by atoms with Crippen molar-refractivity contribution in [3.05, 3.63) is 47.0 Å². The van der Waals surface area contributed by atoms with Crippen LogP contribution in [-0.4, -0.2) is 12.6 Å². The van der Waals surface area contributed by atoms with Crippen LogP contribution in [0.25, 0.3) is 11.1 Å². The minimum Gasteiger partial charge on any atom is -0.492 e. The van der Waals surface area contributed by atoms with Crippen LogP contribution in [0.1, 0.15) is 37.7 Å². The zero-order valence-corrected chi connectivity index (χ0v) is 16.4. The quantitative estimate of drug-likeness (QED) is 0.391. The van der Waals surface area contributed by atoms with Crippen molar-refractivity contribution in [3.63, 3.8) is 0 Å². The molecule has 0 aliphatic heterocycles. The number of esters is 1. The first-order chi connectivity index (χ1) is 13.8. The van der Waals surface area contributed by atoms with E-state index in [1.54, 1.807) is 12.1 Å². The van der Waals surface area contributed by atoms with E-state index in [0.717, 1.165) is 44.2 Å². The lowest BCUT2D eigenvalue weighted by atomic mass is 9.86. The second kappa shape index (κ2) is 7.90. The molecule has 2 aromatic rings. The Morgan fingerprint density at radius 2 is 1.76 bits per heavy atom. The maximum absolute atomic E-state index is 12.9. The van der Waals surface area contributed by atoms with Gasteiger partial charge in [-0.1, -0.05) is 30.2 Å². The molecule has 0 unspecified atom stereocenters. The fourth-order valence-corrected chi connectivity index (χ4v) is 3.39. The summed E-state index contributed by atoms with van der Waals surface area (Å²) in [5.41, 5.74) is 0.209. The summed E-state index contributed by atoms with van der Waals surface area (Å²) in [4.78, 5) is 12.2. The van der Waals surface area contributed by atoms with E-state index in [1.165, 1.54) is 12.1 Å². The number of hydrogen-bond donors (Lipinski definition) is 0. The van der Waals surface area contributed by atoms with Gasteiger partial charge in [-0.3, -0.25) is 4.79 Å². The zero-order chi connectivity index (χ0) is 20.6. The van der Waals surface area contributed by atoms with Crippen LogP contribution >= 0.6 is 11.6 Å². The van der Waals surface area contributed by atoms with Gasteiger partial charge in [0.1, 0.15) is 11.5 Å². The second-order valence-corrected chi connectivity index (χ2v) is 8.04. The Balaban J connectivity index is 1.65. The van der Waals surface area contributed by atoms with Crippen LogP contribution in [0.4, 0.5) is 13.2 Å². The van der Waals surface area contributed by atoms with E-state index in [-0.39, 0.29) is 22.7 Å². The van der Waals surface area contributed by atoms with Crippen molar-refractivity contribution in [2.75, 3.05) is 6.61 Å². The van der Waals surface area contributed by atoms with Crippen molar-refractivity contribution in [3.8, 4) is 22.6 Å². The van der Waals surface area contributed by atoms with Crippen molar-refractivity contribution in [1.29, 1.82) is 0 Å². The third kappa shape index (κ3) is 4.69. The van der Waals surface area contributed by atoms with Gasteiger partial charge >= 0.3 is 12.1 Å². The van der Waals surface area contributed by atoms with Crippen LogP contribution in [0.5, 0.6) is 11.5 Å². The Morgan fingerprint density at radius 1 is 1.07 bits per heavy atom. The van der Waals surface area contributed by atoms with Crippen molar-refractivity contribution < 1.29 is 27.4 Å². The third-order valence-electron chi connectivity index (χ3n) is 5.36. The molecule has 0 bridgehead atoms. The number of hydrogen-bond acceptors (Lipinski definition) is 3. The van der Waals surface area contributed by atoms with E-state index < -0.39 is 11.7 Å². The Kier molecular flexibility index (Phi) is 5.47. The molecule has 0 saturated heterocycles. The maximum atomic E-state index is 12.9. The largest absolute Gasteiger partial charge is 0.492 e. The van der Waals surface area contributed by atoms with Crippen molar-refractivity contribution in [2.45, 2.75) is 38.3 Å². The standard InChI is InChI=1S/C22H20ClF3O3/c23-20-18(14-6-8-16(9-7-14)22(24,25)26)10-17(29-21(27)15-2-1-3-15)11-19(20)28-12-13-4-5-13/h6-11,13,15H,1-5,12H2. The highest BCUT2D eigenvalue weighted by Gasteiger charge is 2.31. The summed E-state index contributed by atoms with van der Waals surface area (Å²) in [5.74, 6) is 0.738. The lowest BCUT2D eigenvalue weighted by Crippen LogP contribution is -2.26. The van der Waals surface area contributed by atoms with Crippen LogP contribution in [0, 0.1) is 11.8 Å². The summed E-state index contributed by atoms with van der Waals surface area (Å²) >= 11 is 6.50. The maximum Gasteiger partial charge on any atom is 0.416 e. The average Bonchev–Trinajstić information content (AvgIpc) is 3.44. The number of carbonyl (C=O) groups is 1. The Labute approximate surface area is 171 Å². The first-order valence-corrected chi connectivity index (χ1v) is 10.0. The molecule has 0 aromatic heterocycles. The molecular weight excluding hydrogens is 405 g/mol. The van der Waals surface area contributed by atoms with E-state index in [4.69, 9.17) is 21.1 Å². The van der Waals surface area contributed by atoms with Gasteiger partial charge in [0.2, 0.25) is 0 Å². The third-order valence-corrected chi connectivity index (χ3v) is 5.75. The lowest BCUT2D eigenvalue weighted by Gasteiger charge is -2.23. The summed E-state index contributed by atoms with van der Waals surface area (Å²) in [5, 5.41) is 0.286. The Hall–Kier alpha value is -2.21. The van der Waals surface area contributed by atoms with Gasteiger partial charge < -0.3 is 9.47 Å². The van der Waals surface area contributed by atoms with Crippen molar-refractivity contribution in [1.82, 2.24) is 0 Å². The van der Waals surface area contributed by atoms with Gasteiger partial charge in [0.05, 0.1) is 23.1 Å². The summed E-state index contributed by atoms with van der Waals surface area (Å²) < 4.78 is 49.9. The van der Waals surface area contributed by atoms with Gasteiger partial charge in [-0.2, -0.15) is 13.2 Å². The minimum atomic E-state index is -4.42. The number of halogens is 4. The molecule has 2 aliphatic rings. The van der Waals surface area contributed by atoms with E-state index >= 15 is 0 Å². The smallest absolute Gasteiger partial charge is 0.416 e. The van der Waals surface area contributed by atoms with Crippen LogP contribution in [0.3, 0.4) is 0 Å². The van der Waals surface area contributed by atoms with E-state index in [1.807, 2.05) is 0 Å². The Morgan fingerprint density at radius 3 is 2.31 bits per heavy atom. The molecule has 3 nitrogen and oxygen atoms in total. The molecular formula is C22H20ClF3O3. The van der Waals surface area contributed by atoms with Gasteiger partial charge in [-0.15, -0.1) is 0 Å². The van der Waals surface area contributed by atoms with E-state index in [0.29, 0.717) is 29.4 Å². The van der Waals surface area contributed by atoms with E-state index in [2.05, 4.69) is 0 Å². The topological polar surface area (TPSA) is 35.5 Å². The highest BCUT2D eigenvalue weighted by Crippen LogP contribution is 2.42. The first-order valence-electron chi connectivity index (χ1n) is 9.67. The minimum absolute atomic E-state index is 0.101. The van der Waals surface area contributed by atoms with E-state index in [9.17, 15) is 18.0 Å². The highest BCUT2D eigenvalue weighted by atomic mass is 35.5. The second-order valence-electron chi connectivity index (χ2n) is 7.66. The summed E-state index contributed by atoms with van der Waals surface area (Å²) in [6, 6.07) is 7.87. The zero-order valence-electron chi connectivity index (χ0n) is 15.6. The predicted molar refractivity (Wildman–Crippen MR) is 103 cm³/mol. The molecule has 0 atom stereocenters. The number of ether oxygens (including phenoxy) is 2. The van der Waals surface area contributed by atoms with Gasteiger partial charge in [0, 0.05) is 11.6 Å². The summed E-state index contributed by atoms with van der Waals surface area (Å²) in [6.07, 6.45) is 0.403. The fourth-order valence-electron chi connectivity index (χ4n) is 3.12. The Bertz CT molecular complexity index is 901. The molecule has 4 rings (SSSR count).